The van der Waals surface area contributed by atoms with E-state index in [9.17, 15) is 5.53 Å². The Morgan fingerprint density at radius 1 is 0.287 bits per heavy atom. The van der Waals surface area contributed by atoms with Crippen molar-refractivity contribution in [2.24, 2.45) is 0 Å². The summed E-state index contributed by atoms with van der Waals surface area (Å²) < 4.78 is 1.61. The maximum Gasteiger partial charge on any atom is 2.00 e. The molecular weight excluding hydrogens is 1140 g/mol. The smallest absolute Gasteiger partial charge is 0.493 e. The van der Waals surface area contributed by atoms with E-state index in [2.05, 4.69) is 128 Å². The Kier molecular flexibility index (Phi) is 64.2. The van der Waals surface area contributed by atoms with Crippen LogP contribution < -0.4 is 0 Å². The third kappa shape index (κ3) is 46.1. The minimum Gasteiger partial charge on any atom is -0.493 e. The quantitative estimate of drug-likeness (QED) is 0.0207. The topological polar surface area (TPSA) is 25.3 Å². The fraction of sp³-hybridized carbons (Fsp3) is 0.738. The molecule has 2 aromatic carbocycles. The van der Waals surface area contributed by atoms with Gasteiger partial charge < -0.3 is 19.4 Å². The molecule has 0 saturated heterocycles. The van der Waals surface area contributed by atoms with Gasteiger partial charge in [-0.3, -0.25) is 0 Å². The average Bonchev–Trinajstić information content (AvgIpc) is 1.67. The zero-order chi connectivity index (χ0) is 62.3. The van der Waals surface area contributed by atoms with Crippen molar-refractivity contribution in [2.75, 3.05) is 0 Å². The van der Waals surface area contributed by atoms with Crippen molar-refractivity contribution in [3.8, 4) is 23.7 Å². The van der Waals surface area contributed by atoms with Gasteiger partial charge in [0.25, 0.3) is 0 Å². The van der Waals surface area contributed by atoms with Crippen molar-refractivity contribution in [2.45, 2.75) is 401 Å². The number of aryl methyl sites for hydroxylation is 2. The molecule has 3 heteroatoms. The molecule has 0 spiro atoms. The molecule has 0 aliphatic carbocycles. The molecule has 0 aromatic heterocycles. The summed E-state index contributed by atoms with van der Waals surface area (Å²) in [6.45, 7) is 21.3. The van der Waals surface area contributed by atoms with Crippen molar-refractivity contribution in [1.29, 1.82) is 0 Å². The van der Waals surface area contributed by atoms with E-state index in [0.717, 1.165) is 94.9 Å². The first-order valence-electron chi connectivity index (χ1n) is 38.1. The van der Waals surface area contributed by atoms with Crippen LogP contribution in [-0.4, -0.2) is 4.70 Å². The summed E-state index contributed by atoms with van der Waals surface area (Å²) in [7, 11) is 0. The molecule has 0 unspecified atom stereocenters. The normalized spacial score (nSPS) is 11.8. The Morgan fingerprint density at radius 3 is 0.828 bits per heavy atom. The van der Waals surface area contributed by atoms with Gasteiger partial charge in [0.05, 0.1) is 0 Å². The first-order valence-corrected chi connectivity index (χ1v) is 38.1. The van der Waals surface area contributed by atoms with E-state index in [1.807, 2.05) is 0 Å². The molecule has 1 aliphatic rings. The molecule has 0 N–H and O–H groups in total. The first-order chi connectivity index (χ1) is 42.5. The van der Waals surface area contributed by atoms with Gasteiger partial charge in [-0.25, -0.2) is 4.70 Å². The van der Waals surface area contributed by atoms with E-state index in [0.29, 0.717) is 0 Å². The van der Waals surface area contributed by atoms with Gasteiger partial charge in [-0.15, -0.1) is 23.7 Å². The molecule has 0 fully saturated rings. The third-order valence-electron chi connectivity index (χ3n) is 17.8. The van der Waals surface area contributed by atoms with Crippen LogP contribution in [0, 0.1) is 37.5 Å². The van der Waals surface area contributed by atoms with Crippen LogP contribution in [0.15, 0.2) is 59.7 Å². The second-order valence-electron chi connectivity index (χ2n) is 25.8. The molecule has 2 aromatic rings. The fourth-order valence-corrected chi connectivity index (χ4v) is 12.2. The standard InChI is InChI=1S/C66H104N2.2C9H19.Pd/c1-5-9-13-16-18-20-22-24-26-28-30-32-34-36-38-40-42-44-51-59-53-47-49-56-61(59)65-63(55-12-8-4)64(58-46-15-11-7-3)66(68(65)67)62-57-50-48-54-60(62)52-45-43-41-39-37-35-33-31-29-27-25-23-21-19-17-14-10-6-2;2*1-3-5-7-9-8-6-4-2;/h47-50,53-54,56-57H,5-39,44-46,51-52,55,58H2,1-4H3;2*1,3-9H2,2H3;/q;2*-1;+2. The molecular formula is C84H142N2Pd. The molecule has 3 rings (SSSR count). The van der Waals surface area contributed by atoms with E-state index in [1.54, 1.807) is 4.70 Å². The summed E-state index contributed by atoms with van der Waals surface area (Å²) in [5.41, 5.74) is 22.2. The molecule has 0 saturated carbocycles. The largest absolute Gasteiger partial charge is 2.00 e. The number of hydrogen-bond acceptors (Lipinski definition) is 0. The Morgan fingerprint density at radius 2 is 0.529 bits per heavy atom. The monoisotopic (exact) mass is 1290 g/mol. The Bertz CT molecular complexity index is 2010. The van der Waals surface area contributed by atoms with E-state index < -0.39 is 0 Å². The number of hydrogen-bond donors (Lipinski definition) is 0. The van der Waals surface area contributed by atoms with E-state index >= 15 is 0 Å². The Balaban J connectivity index is 0.00000334. The van der Waals surface area contributed by atoms with Gasteiger partial charge in [0, 0.05) is 48.0 Å². The maximum absolute atomic E-state index is 12.6. The third-order valence-corrected chi connectivity index (χ3v) is 17.8. The zero-order valence-electron chi connectivity index (χ0n) is 58.8. The van der Waals surface area contributed by atoms with Crippen LogP contribution in [-0.2, 0) is 33.3 Å². The molecule has 2 nitrogen and oxygen atoms in total. The predicted molar refractivity (Wildman–Crippen MR) is 387 cm³/mol. The number of benzene rings is 2. The van der Waals surface area contributed by atoms with Gasteiger partial charge in [0.1, 0.15) is 0 Å². The molecule has 0 bridgehead atoms. The fourth-order valence-electron chi connectivity index (χ4n) is 12.2. The molecule has 498 valence electrons. The maximum atomic E-state index is 12.6. The van der Waals surface area contributed by atoms with Crippen molar-refractivity contribution in [3.05, 3.63) is 101 Å². The summed E-state index contributed by atoms with van der Waals surface area (Å²) in [6.07, 6.45) is 72.4. The van der Waals surface area contributed by atoms with Crippen LogP contribution in [0.1, 0.15) is 411 Å². The second-order valence-corrected chi connectivity index (χ2v) is 25.8. The molecule has 87 heavy (non-hydrogen) atoms. The zero-order valence-corrected chi connectivity index (χ0v) is 60.4. The molecule has 0 atom stereocenters. The number of allylic oxidation sites excluding steroid dienone is 2. The molecule has 1 aliphatic heterocycles. The van der Waals surface area contributed by atoms with Gasteiger partial charge in [0.2, 0.25) is 11.4 Å². The van der Waals surface area contributed by atoms with Crippen LogP contribution >= 0.6 is 0 Å². The van der Waals surface area contributed by atoms with E-state index in [4.69, 9.17) is 0 Å². The average molecular weight is 1290 g/mol. The van der Waals surface area contributed by atoms with Crippen molar-refractivity contribution < 1.29 is 25.1 Å². The summed E-state index contributed by atoms with van der Waals surface area (Å²) in [5, 5.41) is 0. The van der Waals surface area contributed by atoms with Crippen LogP contribution in [0.5, 0.6) is 0 Å². The van der Waals surface area contributed by atoms with Gasteiger partial charge in [-0.1, -0.05) is 348 Å². The number of nitrogens with zero attached hydrogens (tertiary/aromatic N) is 2. The Labute approximate surface area is 559 Å². The Hall–Kier alpha value is -2.70. The van der Waals surface area contributed by atoms with Gasteiger partial charge in [0.15, 0.2) is 0 Å². The van der Waals surface area contributed by atoms with Gasteiger partial charge in [-0.05, 0) is 74.6 Å². The predicted octanol–water partition coefficient (Wildman–Crippen LogP) is 28.8. The minimum atomic E-state index is 0. The van der Waals surface area contributed by atoms with Crippen LogP contribution in [0.25, 0.3) is 16.9 Å². The first kappa shape index (κ1) is 84.3. The molecule has 1 heterocycles. The van der Waals surface area contributed by atoms with E-state index in [1.165, 1.54) is 309 Å². The SMILES string of the molecule is CCCCCCCCCCCCCCCCC#CCCc1ccccc1C1=C(CCCC)C(CCCCCC)=C(c2ccccc2CCC#CCCCCCCCCCCCCCCCC)[N+]1=[N-].[CH2-]CCCCCCCC.[CH2-]CCCCCCCC.[Pd+2]. The summed E-state index contributed by atoms with van der Waals surface area (Å²) >= 11 is 0. The van der Waals surface area contributed by atoms with Crippen LogP contribution in [0.4, 0.5) is 0 Å². The summed E-state index contributed by atoms with van der Waals surface area (Å²) in [6, 6.07) is 17.7. The summed E-state index contributed by atoms with van der Waals surface area (Å²) in [5.74, 6) is 14.1. The second kappa shape index (κ2) is 66.2. The number of rotatable bonds is 54. The van der Waals surface area contributed by atoms with Crippen molar-refractivity contribution in [3.63, 3.8) is 0 Å². The van der Waals surface area contributed by atoms with E-state index in [-0.39, 0.29) is 20.4 Å². The van der Waals surface area contributed by atoms with Crippen molar-refractivity contribution >= 4 is 11.4 Å². The van der Waals surface area contributed by atoms with Crippen molar-refractivity contribution in [1.82, 2.24) is 0 Å². The molecule has 0 radical (unpaired) electrons. The van der Waals surface area contributed by atoms with Crippen LogP contribution in [0.3, 0.4) is 0 Å². The van der Waals surface area contributed by atoms with Gasteiger partial charge in [-0.2, -0.15) is 12.8 Å². The molecule has 0 amide bonds. The summed E-state index contributed by atoms with van der Waals surface area (Å²) in [4.78, 5) is 0. The number of unbranched alkanes of at least 4 members (excludes halogenated alkanes) is 44. The van der Waals surface area contributed by atoms with Crippen LogP contribution in [0.2, 0.25) is 0 Å². The minimum absolute atomic E-state index is 0. The van der Waals surface area contributed by atoms with Gasteiger partial charge >= 0.3 is 20.4 Å².